The van der Waals surface area contributed by atoms with Gasteiger partial charge in [0.25, 0.3) is 5.91 Å². The van der Waals surface area contributed by atoms with Gasteiger partial charge in [-0.2, -0.15) is 5.10 Å². The van der Waals surface area contributed by atoms with Crippen molar-refractivity contribution in [3.05, 3.63) is 76.8 Å². The van der Waals surface area contributed by atoms with E-state index in [0.717, 1.165) is 16.9 Å². The van der Waals surface area contributed by atoms with E-state index >= 15 is 0 Å². The number of aromatic nitrogens is 3. The van der Waals surface area contributed by atoms with Crippen molar-refractivity contribution in [2.45, 2.75) is 13.5 Å². The van der Waals surface area contributed by atoms with Crippen LogP contribution in [0.4, 0.5) is 0 Å². The summed E-state index contributed by atoms with van der Waals surface area (Å²) in [5, 5.41) is 7.84. The smallest absolute Gasteiger partial charge is 0.272 e. The second kappa shape index (κ2) is 6.62. The highest BCUT2D eigenvalue weighted by molar-refractivity contribution is 6.30. The van der Waals surface area contributed by atoms with Crippen LogP contribution in [0.5, 0.6) is 0 Å². The number of hydrogen-bond donors (Lipinski definition) is 1. The highest BCUT2D eigenvalue weighted by Gasteiger charge is 2.13. The number of aryl methyl sites for hydroxylation is 1. The fraction of sp³-hybridized carbons (Fsp3) is 0.118. The number of hydrogen-bond acceptors (Lipinski definition) is 3. The Morgan fingerprint density at radius 3 is 2.74 bits per heavy atom. The number of halogens is 1. The summed E-state index contributed by atoms with van der Waals surface area (Å²) < 4.78 is 1.70. The molecule has 3 aromatic rings. The van der Waals surface area contributed by atoms with E-state index < -0.39 is 0 Å². The molecule has 1 N–H and O–H groups in total. The number of benzene rings is 1. The van der Waals surface area contributed by atoms with Gasteiger partial charge < -0.3 is 5.32 Å². The number of pyridine rings is 1. The summed E-state index contributed by atoms with van der Waals surface area (Å²) in [4.78, 5) is 16.2. The van der Waals surface area contributed by atoms with Crippen molar-refractivity contribution in [3.8, 4) is 5.69 Å². The van der Waals surface area contributed by atoms with Crippen LogP contribution in [0.3, 0.4) is 0 Å². The highest BCUT2D eigenvalue weighted by atomic mass is 35.5. The highest BCUT2D eigenvalue weighted by Crippen LogP contribution is 2.16. The first-order valence-corrected chi connectivity index (χ1v) is 7.51. The summed E-state index contributed by atoms with van der Waals surface area (Å²) >= 11 is 6.01. The number of carbonyl (C=O) groups is 1. The first-order chi connectivity index (χ1) is 11.1. The molecule has 0 saturated carbocycles. The molecule has 2 heterocycles. The van der Waals surface area contributed by atoms with E-state index in [1.165, 1.54) is 0 Å². The quantitative estimate of drug-likeness (QED) is 0.801. The molecule has 0 aliphatic rings. The number of nitrogens with one attached hydrogen (secondary N) is 1. The van der Waals surface area contributed by atoms with E-state index in [2.05, 4.69) is 15.4 Å². The van der Waals surface area contributed by atoms with Crippen LogP contribution in [0.25, 0.3) is 5.69 Å². The Bertz CT molecular complexity index is 830. The van der Waals surface area contributed by atoms with Gasteiger partial charge in [-0.15, -0.1) is 0 Å². The van der Waals surface area contributed by atoms with Gasteiger partial charge in [0.1, 0.15) is 0 Å². The van der Waals surface area contributed by atoms with Gasteiger partial charge >= 0.3 is 0 Å². The van der Waals surface area contributed by atoms with Crippen LogP contribution in [0.1, 0.15) is 21.7 Å². The van der Waals surface area contributed by atoms with Gasteiger partial charge in [-0.05, 0) is 48.9 Å². The lowest BCUT2D eigenvalue weighted by atomic mass is 10.2. The normalized spacial score (nSPS) is 10.5. The molecule has 5 nitrogen and oxygen atoms in total. The minimum atomic E-state index is -0.217. The van der Waals surface area contributed by atoms with E-state index in [1.54, 1.807) is 35.3 Å². The second-order valence-corrected chi connectivity index (χ2v) is 5.54. The van der Waals surface area contributed by atoms with Gasteiger partial charge in [0.15, 0.2) is 5.69 Å². The summed E-state index contributed by atoms with van der Waals surface area (Å²) in [5.41, 5.74) is 3.04. The monoisotopic (exact) mass is 326 g/mol. The largest absolute Gasteiger partial charge is 0.347 e. The summed E-state index contributed by atoms with van der Waals surface area (Å²) in [6.45, 7) is 2.33. The maximum atomic E-state index is 12.3. The van der Waals surface area contributed by atoms with E-state index in [0.29, 0.717) is 17.3 Å². The van der Waals surface area contributed by atoms with Crippen LogP contribution in [0.2, 0.25) is 5.02 Å². The maximum absolute atomic E-state index is 12.3. The molecular weight excluding hydrogens is 312 g/mol. The molecule has 0 bridgehead atoms. The van der Waals surface area contributed by atoms with Crippen LogP contribution < -0.4 is 5.32 Å². The predicted molar refractivity (Wildman–Crippen MR) is 88.7 cm³/mol. The SMILES string of the molecule is Cc1cc(C(=O)NCc2ccncc2)nn1-c1cccc(Cl)c1. The molecule has 0 unspecified atom stereocenters. The molecule has 3 rings (SSSR count). The lowest BCUT2D eigenvalue weighted by Gasteiger charge is -2.04. The molecule has 23 heavy (non-hydrogen) atoms. The van der Waals surface area contributed by atoms with Crippen LogP contribution in [0.15, 0.2) is 54.9 Å². The minimum absolute atomic E-state index is 0.217. The maximum Gasteiger partial charge on any atom is 0.272 e. The van der Waals surface area contributed by atoms with Crippen molar-refractivity contribution in [1.29, 1.82) is 0 Å². The lowest BCUT2D eigenvalue weighted by molar-refractivity contribution is 0.0945. The molecule has 6 heteroatoms. The average molecular weight is 327 g/mol. The Balaban J connectivity index is 1.76. The van der Waals surface area contributed by atoms with E-state index in [9.17, 15) is 4.79 Å². The first kappa shape index (κ1) is 15.2. The van der Waals surface area contributed by atoms with Crippen molar-refractivity contribution >= 4 is 17.5 Å². The molecule has 0 saturated heterocycles. The molecule has 0 atom stereocenters. The lowest BCUT2D eigenvalue weighted by Crippen LogP contribution is -2.23. The van der Waals surface area contributed by atoms with Crippen LogP contribution >= 0.6 is 11.6 Å². The Kier molecular flexibility index (Phi) is 4.39. The van der Waals surface area contributed by atoms with Gasteiger partial charge in [-0.25, -0.2) is 4.68 Å². The van der Waals surface area contributed by atoms with Crippen molar-refractivity contribution < 1.29 is 4.79 Å². The number of carbonyl (C=O) groups excluding carboxylic acids is 1. The molecule has 0 aliphatic carbocycles. The molecule has 116 valence electrons. The van der Waals surface area contributed by atoms with E-state index in [4.69, 9.17) is 11.6 Å². The molecule has 1 amide bonds. The molecular formula is C17H15ClN4O. The second-order valence-electron chi connectivity index (χ2n) is 5.10. The average Bonchev–Trinajstić information content (AvgIpc) is 2.95. The Morgan fingerprint density at radius 1 is 1.22 bits per heavy atom. The number of amides is 1. The summed E-state index contributed by atoms with van der Waals surface area (Å²) in [7, 11) is 0. The predicted octanol–water partition coefficient (Wildman–Crippen LogP) is 3.16. The fourth-order valence-electron chi connectivity index (χ4n) is 2.23. The third kappa shape index (κ3) is 3.57. The van der Waals surface area contributed by atoms with Crippen LogP contribution in [-0.4, -0.2) is 20.7 Å². The third-order valence-electron chi connectivity index (χ3n) is 3.38. The van der Waals surface area contributed by atoms with E-state index in [-0.39, 0.29) is 5.91 Å². The van der Waals surface area contributed by atoms with Gasteiger partial charge in [-0.1, -0.05) is 17.7 Å². The third-order valence-corrected chi connectivity index (χ3v) is 3.61. The zero-order valence-electron chi connectivity index (χ0n) is 12.5. The van der Waals surface area contributed by atoms with Gasteiger partial charge in [-0.3, -0.25) is 9.78 Å². The Morgan fingerprint density at radius 2 is 2.00 bits per heavy atom. The van der Waals surface area contributed by atoms with E-state index in [1.807, 2.05) is 31.2 Å². The fourth-order valence-corrected chi connectivity index (χ4v) is 2.41. The summed E-state index contributed by atoms with van der Waals surface area (Å²) in [5.74, 6) is -0.217. The molecule has 0 fully saturated rings. The molecule has 2 aromatic heterocycles. The van der Waals surface area contributed by atoms with Crippen molar-refractivity contribution in [2.24, 2.45) is 0 Å². The first-order valence-electron chi connectivity index (χ1n) is 7.13. The summed E-state index contributed by atoms with van der Waals surface area (Å²) in [6, 6.07) is 12.8. The zero-order valence-corrected chi connectivity index (χ0v) is 13.3. The summed E-state index contributed by atoms with van der Waals surface area (Å²) in [6.07, 6.45) is 3.39. The topological polar surface area (TPSA) is 59.8 Å². The molecule has 0 aliphatic heterocycles. The Hall–Kier alpha value is -2.66. The van der Waals surface area contributed by atoms with Gasteiger partial charge in [0, 0.05) is 29.7 Å². The van der Waals surface area contributed by atoms with Crippen molar-refractivity contribution in [2.75, 3.05) is 0 Å². The van der Waals surface area contributed by atoms with Gasteiger partial charge in [0.05, 0.1) is 5.69 Å². The number of rotatable bonds is 4. The Labute approximate surface area is 138 Å². The van der Waals surface area contributed by atoms with Crippen LogP contribution in [0, 0.1) is 6.92 Å². The van der Waals surface area contributed by atoms with Crippen molar-refractivity contribution in [3.63, 3.8) is 0 Å². The minimum Gasteiger partial charge on any atom is -0.347 e. The standard InChI is InChI=1S/C17H15ClN4O/c1-12-9-16(17(23)20-11-13-5-7-19-8-6-13)21-22(12)15-4-2-3-14(18)10-15/h2-10H,11H2,1H3,(H,20,23). The molecule has 0 spiro atoms. The molecule has 1 aromatic carbocycles. The van der Waals surface area contributed by atoms with Crippen LogP contribution in [-0.2, 0) is 6.54 Å². The van der Waals surface area contributed by atoms with Crippen molar-refractivity contribution in [1.82, 2.24) is 20.1 Å². The number of nitrogens with zero attached hydrogens (tertiary/aromatic N) is 3. The molecule has 0 radical (unpaired) electrons. The van der Waals surface area contributed by atoms with Gasteiger partial charge in [0.2, 0.25) is 0 Å². The zero-order chi connectivity index (χ0) is 16.2.